The number of rotatable bonds is 7. The van der Waals surface area contributed by atoms with Gasteiger partial charge in [-0.1, -0.05) is 6.07 Å². The molecular weight excluding hydrogens is 409 g/mol. The van der Waals surface area contributed by atoms with Crippen LogP contribution in [0.2, 0.25) is 0 Å². The number of hydrogen-bond acceptors (Lipinski definition) is 6. The van der Waals surface area contributed by atoms with E-state index in [1.165, 1.54) is 24.3 Å². The molecule has 152 valence electrons. The molecule has 0 aromatic heterocycles. The maximum Gasteiger partial charge on any atom is 0.251 e. The van der Waals surface area contributed by atoms with Crippen LogP contribution in [0.4, 0.5) is 10.1 Å². The summed E-state index contributed by atoms with van der Waals surface area (Å²) < 4.78 is 60.2. The van der Waals surface area contributed by atoms with Crippen LogP contribution in [-0.4, -0.2) is 42.1 Å². The molecule has 0 bridgehead atoms. The number of amides is 1. The van der Waals surface area contributed by atoms with E-state index >= 15 is 0 Å². The normalized spacial score (nSPS) is 11.9. The van der Waals surface area contributed by atoms with Gasteiger partial charge in [0.1, 0.15) is 5.82 Å². The van der Waals surface area contributed by atoms with Crippen molar-refractivity contribution in [2.24, 2.45) is 5.14 Å². The highest BCUT2D eigenvalue weighted by atomic mass is 32.2. The average Bonchev–Trinajstić information content (AvgIpc) is 2.59. The van der Waals surface area contributed by atoms with Gasteiger partial charge in [0.05, 0.1) is 15.5 Å². The molecule has 0 heterocycles. The molecule has 0 unspecified atom stereocenters. The fourth-order valence-corrected chi connectivity index (χ4v) is 3.84. The number of aryl methyl sites for hydroxylation is 1. The van der Waals surface area contributed by atoms with Crippen LogP contribution in [-0.2, 0) is 19.9 Å². The van der Waals surface area contributed by atoms with Gasteiger partial charge in [0.25, 0.3) is 5.91 Å². The van der Waals surface area contributed by atoms with Crippen LogP contribution in [0.25, 0.3) is 0 Å². The third-order valence-electron chi connectivity index (χ3n) is 3.84. The maximum absolute atomic E-state index is 13.5. The Labute approximate surface area is 162 Å². The molecule has 0 saturated carbocycles. The molecule has 0 saturated heterocycles. The van der Waals surface area contributed by atoms with Gasteiger partial charge < -0.3 is 10.6 Å². The fourth-order valence-electron chi connectivity index (χ4n) is 2.34. The topological polar surface area (TPSA) is 135 Å². The largest absolute Gasteiger partial charge is 0.382 e. The molecule has 0 spiro atoms. The molecule has 28 heavy (non-hydrogen) atoms. The van der Waals surface area contributed by atoms with E-state index in [2.05, 4.69) is 10.6 Å². The maximum atomic E-state index is 13.5. The Hall–Kier alpha value is -2.50. The highest BCUT2D eigenvalue weighted by molar-refractivity contribution is 7.91. The number of sulfone groups is 1. The van der Waals surface area contributed by atoms with Gasteiger partial charge in [-0.25, -0.2) is 26.4 Å². The highest BCUT2D eigenvalue weighted by Gasteiger charge is 2.18. The minimum absolute atomic E-state index is 0.120. The summed E-state index contributed by atoms with van der Waals surface area (Å²) in [6.45, 7) is 1.85. The van der Waals surface area contributed by atoms with E-state index in [4.69, 9.17) is 5.14 Å². The zero-order valence-electron chi connectivity index (χ0n) is 15.2. The molecule has 8 nitrogen and oxygen atoms in total. The zero-order chi connectivity index (χ0) is 21.1. The Morgan fingerprint density at radius 1 is 1.07 bits per heavy atom. The second kappa shape index (κ2) is 8.25. The molecule has 0 fully saturated rings. The van der Waals surface area contributed by atoms with E-state index in [0.717, 1.165) is 18.4 Å². The summed E-state index contributed by atoms with van der Waals surface area (Å²) in [6.07, 6.45) is 0.939. The lowest BCUT2D eigenvalue weighted by atomic mass is 10.1. The van der Waals surface area contributed by atoms with Crippen LogP contribution < -0.4 is 15.8 Å². The average molecular weight is 429 g/mol. The van der Waals surface area contributed by atoms with Crippen molar-refractivity contribution in [3.63, 3.8) is 0 Å². The first kappa shape index (κ1) is 21.8. The molecule has 11 heteroatoms. The minimum atomic E-state index is -4.06. The van der Waals surface area contributed by atoms with Crippen LogP contribution >= 0.6 is 0 Å². The number of hydrogen-bond donors (Lipinski definition) is 3. The molecule has 0 aliphatic heterocycles. The minimum Gasteiger partial charge on any atom is -0.382 e. The van der Waals surface area contributed by atoms with Crippen molar-refractivity contribution >= 4 is 31.5 Å². The van der Waals surface area contributed by atoms with Gasteiger partial charge in [-0.05, 0) is 42.8 Å². The van der Waals surface area contributed by atoms with E-state index in [9.17, 15) is 26.0 Å². The first-order chi connectivity index (χ1) is 12.9. The zero-order valence-corrected chi connectivity index (χ0v) is 16.8. The lowest BCUT2D eigenvalue weighted by Gasteiger charge is -2.13. The summed E-state index contributed by atoms with van der Waals surface area (Å²) >= 11 is 0. The highest BCUT2D eigenvalue weighted by Crippen LogP contribution is 2.24. The van der Waals surface area contributed by atoms with E-state index in [-0.39, 0.29) is 34.1 Å². The van der Waals surface area contributed by atoms with Gasteiger partial charge in [-0.15, -0.1) is 0 Å². The number of nitrogens with one attached hydrogen (secondary N) is 2. The van der Waals surface area contributed by atoms with Crippen LogP contribution in [0, 0.1) is 12.7 Å². The van der Waals surface area contributed by atoms with E-state index in [1.807, 2.05) is 0 Å². The van der Waals surface area contributed by atoms with Gasteiger partial charge in [-0.3, -0.25) is 4.79 Å². The molecule has 0 aliphatic rings. The summed E-state index contributed by atoms with van der Waals surface area (Å²) in [6, 6.07) is 7.56. The molecule has 0 radical (unpaired) electrons. The SMILES string of the molecule is Cc1ccc(C(=O)NCCNc2ccc(S(N)(=O)=O)cc2S(C)(=O)=O)cc1F. The van der Waals surface area contributed by atoms with Crippen molar-refractivity contribution in [2.45, 2.75) is 16.7 Å². The summed E-state index contributed by atoms with van der Waals surface area (Å²) in [5.41, 5.74) is 0.762. The summed E-state index contributed by atoms with van der Waals surface area (Å²) in [4.78, 5) is 11.5. The number of sulfonamides is 1. The predicted molar refractivity (Wildman–Crippen MR) is 103 cm³/mol. The van der Waals surface area contributed by atoms with Crippen LogP contribution in [0.15, 0.2) is 46.2 Å². The number of halogens is 1. The van der Waals surface area contributed by atoms with Crippen molar-refractivity contribution in [1.82, 2.24) is 5.32 Å². The molecule has 0 aliphatic carbocycles. The quantitative estimate of drug-likeness (QED) is 0.563. The van der Waals surface area contributed by atoms with E-state index < -0.39 is 31.6 Å². The Morgan fingerprint density at radius 2 is 1.75 bits per heavy atom. The van der Waals surface area contributed by atoms with Crippen LogP contribution in [0.5, 0.6) is 0 Å². The summed E-state index contributed by atoms with van der Waals surface area (Å²) in [7, 11) is -7.79. The number of carbonyl (C=O) groups excluding carboxylic acids is 1. The van der Waals surface area contributed by atoms with E-state index in [1.54, 1.807) is 6.92 Å². The lowest BCUT2D eigenvalue weighted by molar-refractivity contribution is 0.0954. The number of anilines is 1. The van der Waals surface area contributed by atoms with Crippen LogP contribution in [0.3, 0.4) is 0 Å². The van der Waals surface area contributed by atoms with Crippen molar-refractivity contribution in [3.05, 3.63) is 53.3 Å². The second-order valence-corrected chi connectivity index (χ2v) is 9.67. The van der Waals surface area contributed by atoms with Crippen molar-refractivity contribution in [3.8, 4) is 0 Å². The smallest absolute Gasteiger partial charge is 0.251 e. The molecular formula is C17H20FN3O5S2. The van der Waals surface area contributed by atoms with E-state index in [0.29, 0.717) is 5.56 Å². The molecule has 2 rings (SSSR count). The fraction of sp³-hybridized carbons (Fsp3) is 0.235. The second-order valence-electron chi connectivity index (χ2n) is 6.12. The van der Waals surface area contributed by atoms with Crippen molar-refractivity contribution < 1.29 is 26.0 Å². The van der Waals surface area contributed by atoms with Gasteiger partial charge in [0.15, 0.2) is 9.84 Å². The number of nitrogens with two attached hydrogens (primary N) is 1. The Morgan fingerprint density at radius 3 is 2.32 bits per heavy atom. The monoisotopic (exact) mass is 429 g/mol. The first-order valence-corrected chi connectivity index (χ1v) is 11.5. The molecule has 0 atom stereocenters. The summed E-state index contributed by atoms with van der Waals surface area (Å²) in [5.74, 6) is -0.966. The molecule has 2 aromatic carbocycles. The summed E-state index contributed by atoms with van der Waals surface area (Å²) in [5, 5.41) is 10.4. The number of carbonyl (C=O) groups is 1. The van der Waals surface area contributed by atoms with Gasteiger partial charge in [0.2, 0.25) is 10.0 Å². The van der Waals surface area contributed by atoms with Crippen LogP contribution in [0.1, 0.15) is 15.9 Å². The predicted octanol–water partition coefficient (Wildman–Crippen LogP) is 1.03. The third kappa shape index (κ3) is 5.50. The number of benzene rings is 2. The third-order valence-corrected chi connectivity index (χ3v) is 5.89. The Balaban J connectivity index is 2.06. The van der Waals surface area contributed by atoms with Gasteiger partial charge >= 0.3 is 0 Å². The van der Waals surface area contributed by atoms with Gasteiger partial charge in [0, 0.05) is 24.9 Å². The number of primary sulfonamides is 1. The lowest BCUT2D eigenvalue weighted by Crippen LogP contribution is -2.29. The Bertz CT molecular complexity index is 1120. The van der Waals surface area contributed by atoms with Crippen molar-refractivity contribution in [1.29, 1.82) is 0 Å². The van der Waals surface area contributed by atoms with Crippen molar-refractivity contribution in [2.75, 3.05) is 24.7 Å². The molecule has 1 amide bonds. The molecule has 2 aromatic rings. The molecule has 4 N–H and O–H groups in total. The first-order valence-electron chi connectivity index (χ1n) is 8.05. The Kier molecular flexibility index (Phi) is 6.42. The standard InChI is InChI=1S/C17H20FN3O5S2/c1-11-3-4-12(9-14(11)18)17(22)21-8-7-20-15-6-5-13(28(19,25)26)10-16(15)27(2,23)24/h3-6,9-10,20H,7-8H2,1-2H3,(H,21,22)(H2,19,25,26). The van der Waals surface area contributed by atoms with Gasteiger partial charge in [-0.2, -0.15) is 0 Å².